The van der Waals surface area contributed by atoms with Crippen LogP contribution in [0, 0.1) is 0 Å². The van der Waals surface area contributed by atoms with E-state index in [1.807, 2.05) is 31.2 Å². The van der Waals surface area contributed by atoms with Gasteiger partial charge in [-0.25, -0.2) is 0 Å². The highest BCUT2D eigenvalue weighted by Crippen LogP contribution is 2.19. The molecule has 0 radical (unpaired) electrons. The van der Waals surface area contributed by atoms with E-state index in [9.17, 15) is 0 Å². The molecule has 0 amide bonds. The first-order valence-electron chi connectivity index (χ1n) is 7.07. The number of benzene rings is 1. The molecule has 2 rings (SSSR count). The lowest BCUT2D eigenvalue weighted by atomic mass is 10.2. The molecule has 18 heavy (non-hydrogen) atoms. The van der Waals surface area contributed by atoms with Crippen LogP contribution in [0.3, 0.4) is 0 Å². The van der Waals surface area contributed by atoms with Crippen molar-refractivity contribution in [2.45, 2.75) is 38.6 Å². The summed E-state index contributed by atoms with van der Waals surface area (Å²) in [5.74, 6) is 1.79. The molecule has 0 aromatic heterocycles. The van der Waals surface area contributed by atoms with Crippen molar-refractivity contribution < 1.29 is 14.8 Å². The SMILES string of the molecule is CCOc1cccc(OCC[NH2+]C2CCCC2)c1. The summed E-state index contributed by atoms with van der Waals surface area (Å²) in [6, 6.07) is 8.71. The lowest BCUT2D eigenvalue weighted by Gasteiger charge is -2.10. The van der Waals surface area contributed by atoms with Gasteiger partial charge < -0.3 is 14.8 Å². The average molecular weight is 250 g/mol. The predicted octanol–water partition coefficient (Wildman–Crippen LogP) is 1.97. The zero-order valence-electron chi connectivity index (χ0n) is 11.2. The molecule has 0 atom stereocenters. The van der Waals surface area contributed by atoms with Crippen molar-refractivity contribution in [2.24, 2.45) is 0 Å². The molecule has 0 spiro atoms. The standard InChI is InChI=1S/C15H23NO2/c1-2-17-14-8-5-9-15(12-14)18-11-10-16-13-6-3-4-7-13/h5,8-9,12-13,16H,2-4,6-7,10-11H2,1H3/p+1. The Bertz CT molecular complexity index is 348. The third-order valence-corrected chi connectivity index (χ3v) is 3.40. The summed E-state index contributed by atoms with van der Waals surface area (Å²) in [6.07, 6.45) is 5.55. The normalized spacial score (nSPS) is 15.8. The van der Waals surface area contributed by atoms with Gasteiger partial charge in [0.2, 0.25) is 0 Å². The molecule has 1 aliphatic carbocycles. The molecular weight excluding hydrogens is 226 g/mol. The minimum Gasteiger partial charge on any atom is -0.494 e. The molecule has 3 heteroatoms. The van der Waals surface area contributed by atoms with Crippen LogP contribution >= 0.6 is 0 Å². The topological polar surface area (TPSA) is 35.1 Å². The zero-order valence-corrected chi connectivity index (χ0v) is 11.2. The van der Waals surface area contributed by atoms with Crippen LogP contribution in [0.25, 0.3) is 0 Å². The number of ether oxygens (including phenoxy) is 2. The smallest absolute Gasteiger partial charge is 0.137 e. The Hall–Kier alpha value is -1.22. The molecule has 1 aromatic carbocycles. The maximum absolute atomic E-state index is 5.74. The molecule has 100 valence electrons. The van der Waals surface area contributed by atoms with Crippen LogP contribution in [-0.4, -0.2) is 25.8 Å². The number of rotatable bonds is 7. The summed E-state index contributed by atoms with van der Waals surface area (Å²) in [4.78, 5) is 0. The van der Waals surface area contributed by atoms with Gasteiger partial charge in [-0.1, -0.05) is 6.07 Å². The molecule has 1 aliphatic rings. The van der Waals surface area contributed by atoms with Crippen LogP contribution in [0.5, 0.6) is 11.5 Å². The molecule has 0 saturated heterocycles. The van der Waals surface area contributed by atoms with Gasteiger partial charge in [-0.2, -0.15) is 0 Å². The molecule has 1 saturated carbocycles. The van der Waals surface area contributed by atoms with Gasteiger partial charge >= 0.3 is 0 Å². The Kier molecular flexibility index (Phi) is 5.34. The van der Waals surface area contributed by atoms with Gasteiger partial charge in [0.15, 0.2) is 0 Å². The minimum atomic E-state index is 0.693. The summed E-state index contributed by atoms with van der Waals surface area (Å²) >= 11 is 0. The van der Waals surface area contributed by atoms with Crippen molar-refractivity contribution in [3.63, 3.8) is 0 Å². The van der Waals surface area contributed by atoms with Gasteiger partial charge in [0.05, 0.1) is 12.6 Å². The van der Waals surface area contributed by atoms with E-state index in [4.69, 9.17) is 9.47 Å². The van der Waals surface area contributed by atoms with E-state index in [2.05, 4.69) is 5.32 Å². The second-order valence-electron chi connectivity index (χ2n) is 4.83. The third-order valence-electron chi connectivity index (χ3n) is 3.40. The van der Waals surface area contributed by atoms with E-state index in [1.165, 1.54) is 25.7 Å². The van der Waals surface area contributed by atoms with Crippen molar-refractivity contribution in [3.05, 3.63) is 24.3 Å². The van der Waals surface area contributed by atoms with Crippen molar-refractivity contribution in [3.8, 4) is 11.5 Å². The fourth-order valence-electron chi connectivity index (χ4n) is 2.49. The second kappa shape index (κ2) is 7.27. The average Bonchev–Trinajstić information content (AvgIpc) is 2.89. The van der Waals surface area contributed by atoms with Crippen molar-refractivity contribution in [1.82, 2.24) is 0 Å². The zero-order chi connectivity index (χ0) is 12.6. The summed E-state index contributed by atoms with van der Waals surface area (Å²) in [7, 11) is 0. The summed E-state index contributed by atoms with van der Waals surface area (Å²) in [5, 5.41) is 2.43. The highest BCUT2D eigenvalue weighted by Gasteiger charge is 2.16. The third kappa shape index (κ3) is 4.22. The molecule has 1 aromatic rings. The molecule has 0 unspecified atom stereocenters. The van der Waals surface area contributed by atoms with E-state index in [-0.39, 0.29) is 0 Å². The second-order valence-corrected chi connectivity index (χ2v) is 4.83. The largest absolute Gasteiger partial charge is 0.494 e. The summed E-state index contributed by atoms with van der Waals surface area (Å²) < 4.78 is 11.2. The van der Waals surface area contributed by atoms with Gasteiger partial charge in [0, 0.05) is 6.07 Å². The van der Waals surface area contributed by atoms with Crippen LogP contribution in [0.15, 0.2) is 24.3 Å². The first-order chi connectivity index (χ1) is 8.88. The number of hydrogen-bond donors (Lipinski definition) is 1. The molecule has 0 heterocycles. The highest BCUT2D eigenvalue weighted by atomic mass is 16.5. The molecule has 1 fully saturated rings. The van der Waals surface area contributed by atoms with Gasteiger partial charge in [-0.15, -0.1) is 0 Å². The van der Waals surface area contributed by atoms with E-state index in [0.29, 0.717) is 6.61 Å². The van der Waals surface area contributed by atoms with Crippen molar-refractivity contribution >= 4 is 0 Å². The number of hydrogen-bond acceptors (Lipinski definition) is 2. The first kappa shape index (κ1) is 13.2. The summed E-state index contributed by atoms with van der Waals surface area (Å²) in [6.45, 7) is 4.50. The van der Waals surface area contributed by atoms with Gasteiger partial charge in [-0.05, 0) is 44.7 Å². The predicted molar refractivity (Wildman–Crippen MR) is 72.2 cm³/mol. The van der Waals surface area contributed by atoms with Crippen LogP contribution in [-0.2, 0) is 0 Å². The van der Waals surface area contributed by atoms with Crippen LogP contribution in [0.1, 0.15) is 32.6 Å². The number of nitrogens with two attached hydrogens (primary N) is 1. The molecule has 0 aliphatic heterocycles. The van der Waals surface area contributed by atoms with E-state index >= 15 is 0 Å². The van der Waals surface area contributed by atoms with E-state index in [0.717, 1.165) is 30.7 Å². The van der Waals surface area contributed by atoms with Gasteiger partial charge in [0.1, 0.15) is 24.7 Å². The van der Waals surface area contributed by atoms with Crippen molar-refractivity contribution in [1.29, 1.82) is 0 Å². The highest BCUT2D eigenvalue weighted by molar-refractivity contribution is 5.32. The molecule has 0 bridgehead atoms. The monoisotopic (exact) mass is 250 g/mol. The molecule has 2 N–H and O–H groups in total. The quantitative estimate of drug-likeness (QED) is 0.751. The van der Waals surface area contributed by atoms with Crippen molar-refractivity contribution in [2.75, 3.05) is 19.8 Å². The fourth-order valence-corrected chi connectivity index (χ4v) is 2.49. The molecular formula is C15H24NO2+. The summed E-state index contributed by atoms with van der Waals surface area (Å²) in [5.41, 5.74) is 0. The maximum Gasteiger partial charge on any atom is 0.137 e. The van der Waals surface area contributed by atoms with Gasteiger partial charge in [0.25, 0.3) is 0 Å². The Morgan fingerprint density at radius 1 is 1.17 bits per heavy atom. The van der Waals surface area contributed by atoms with E-state index < -0.39 is 0 Å². The minimum absolute atomic E-state index is 0.693. The van der Waals surface area contributed by atoms with Crippen LogP contribution in [0.4, 0.5) is 0 Å². The Morgan fingerprint density at radius 3 is 2.61 bits per heavy atom. The number of quaternary nitrogens is 1. The Labute approximate surface area is 109 Å². The lowest BCUT2D eigenvalue weighted by molar-refractivity contribution is -0.688. The van der Waals surface area contributed by atoms with Crippen LogP contribution < -0.4 is 14.8 Å². The maximum atomic E-state index is 5.74. The Morgan fingerprint density at radius 2 is 1.89 bits per heavy atom. The first-order valence-corrected chi connectivity index (χ1v) is 7.07. The van der Waals surface area contributed by atoms with Crippen LogP contribution in [0.2, 0.25) is 0 Å². The Balaban J connectivity index is 1.67. The van der Waals surface area contributed by atoms with Gasteiger partial charge in [-0.3, -0.25) is 0 Å². The molecule has 3 nitrogen and oxygen atoms in total. The van der Waals surface area contributed by atoms with E-state index in [1.54, 1.807) is 0 Å². The lowest BCUT2D eigenvalue weighted by Crippen LogP contribution is -2.90. The fraction of sp³-hybridized carbons (Fsp3) is 0.600.